The largest absolute Gasteiger partial charge is 0.378 e. The first-order valence-corrected chi connectivity index (χ1v) is 5.71. The van der Waals surface area contributed by atoms with Crippen LogP contribution >= 0.6 is 0 Å². The van der Waals surface area contributed by atoms with Gasteiger partial charge in [0.1, 0.15) is 0 Å². The van der Waals surface area contributed by atoms with Crippen molar-refractivity contribution in [2.75, 3.05) is 0 Å². The normalized spacial score (nSPS) is 19.6. The number of benzene rings is 1. The third-order valence-electron chi connectivity index (χ3n) is 3.22. The lowest BCUT2D eigenvalue weighted by Gasteiger charge is -2.15. The van der Waals surface area contributed by atoms with Crippen LogP contribution < -0.4 is 5.56 Å². The minimum atomic E-state index is -0.143. The average Bonchev–Trinajstić information content (AvgIpc) is 2.73. The van der Waals surface area contributed by atoms with Crippen LogP contribution in [0.25, 0.3) is 11.0 Å². The molecule has 0 amide bonds. The van der Waals surface area contributed by atoms with E-state index in [-0.39, 0.29) is 11.5 Å². The number of H-pyrrole nitrogens is 1. The second kappa shape index (κ2) is 3.77. The van der Waals surface area contributed by atoms with Crippen LogP contribution in [0.5, 0.6) is 0 Å². The first-order chi connectivity index (χ1) is 8.25. The highest BCUT2D eigenvalue weighted by molar-refractivity contribution is 5.80. The Hall–Kier alpha value is -2.03. The van der Waals surface area contributed by atoms with Crippen molar-refractivity contribution < 1.29 is 4.52 Å². The van der Waals surface area contributed by atoms with E-state index in [4.69, 9.17) is 4.52 Å². The van der Waals surface area contributed by atoms with Crippen molar-refractivity contribution in [3.63, 3.8) is 0 Å². The van der Waals surface area contributed by atoms with Gasteiger partial charge in [-0.25, -0.2) is 0 Å². The van der Waals surface area contributed by atoms with Gasteiger partial charge in [-0.1, -0.05) is 35.9 Å². The third kappa shape index (κ3) is 1.64. The standard InChI is InChI=1S/C14H13NO2/c1-9-5-7-10(8-6-9)11-3-2-4-12-13(11)14(16)15-17-12/h2-7,10H,8H2,1H3,(H,15,16). The average molecular weight is 227 g/mol. The van der Waals surface area contributed by atoms with Crippen molar-refractivity contribution in [3.05, 3.63) is 57.9 Å². The molecule has 0 radical (unpaired) electrons. The van der Waals surface area contributed by atoms with Gasteiger partial charge in [0.05, 0.1) is 5.39 Å². The van der Waals surface area contributed by atoms with Crippen molar-refractivity contribution in [2.45, 2.75) is 19.3 Å². The van der Waals surface area contributed by atoms with Gasteiger partial charge in [-0.05, 0) is 25.0 Å². The SMILES string of the molecule is CC1=CCC(c2cccc3o[nH]c(=O)c23)C=C1. The maximum absolute atomic E-state index is 11.7. The van der Waals surface area contributed by atoms with E-state index in [1.54, 1.807) is 0 Å². The first-order valence-electron chi connectivity index (χ1n) is 5.71. The van der Waals surface area contributed by atoms with Gasteiger partial charge in [-0.15, -0.1) is 0 Å². The summed E-state index contributed by atoms with van der Waals surface area (Å²) in [7, 11) is 0. The molecule has 0 bridgehead atoms. The molecule has 0 saturated carbocycles. The molecule has 0 aliphatic heterocycles. The molecule has 1 aliphatic rings. The lowest BCUT2D eigenvalue weighted by molar-refractivity contribution is 0.449. The highest BCUT2D eigenvalue weighted by atomic mass is 16.5. The number of nitrogens with one attached hydrogen (secondary N) is 1. The van der Waals surface area contributed by atoms with Crippen molar-refractivity contribution in [3.8, 4) is 0 Å². The predicted molar refractivity (Wildman–Crippen MR) is 67.1 cm³/mol. The van der Waals surface area contributed by atoms with Gasteiger partial charge in [0.25, 0.3) is 5.56 Å². The first kappa shape index (κ1) is 10.1. The summed E-state index contributed by atoms with van der Waals surface area (Å²) in [6.07, 6.45) is 7.38. The van der Waals surface area contributed by atoms with Crippen LogP contribution in [0.3, 0.4) is 0 Å². The molecule has 1 N–H and O–H groups in total. The Kier molecular flexibility index (Phi) is 2.25. The Bertz CT molecular complexity index is 673. The Morgan fingerprint density at radius 1 is 1.41 bits per heavy atom. The van der Waals surface area contributed by atoms with Crippen LogP contribution in [0, 0.1) is 0 Å². The van der Waals surface area contributed by atoms with Crippen molar-refractivity contribution in [1.29, 1.82) is 0 Å². The highest BCUT2D eigenvalue weighted by Gasteiger charge is 2.16. The van der Waals surface area contributed by atoms with Gasteiger partial charge in [0, 0.05) is 5.92 Å². The van der Waals surface area contributed by atoms with Crippen LogP contribution in [0.15, 0.2) is 51.3 Å². The van der Waals surface area contributed by atoms with E-state index in [0.29, 0.717) is 11.0 Å². The van der Waals surface area contributed by atoms with E-state index in [9.17, 15) is 4.79 Å². The number of rotatable bonds is 1. The van der Waals surface area contributed by atoms with Crippen molar-refractivity contribution >= 4 is 11.0 Å². The number of aromatic amines is 1. The summed E-state index contributed by atoms with van der Waals surface area (Å²) in [6, 6.07) is 5.73. The van der Waals surface area contributed by atoms with Crippen LogP contribution in [0.1, 0.15) is 24.8 Å². The molecule has 1 unspecified atom stereocenters. The van der Waals surface area contributed by atoms with E-state index in [0.717, 1.165) is 12.0 Å². The van der Waals surface area contributed by atoms with Crippen molar-refractivity contribution in [2.24, 2.45) is 0 Å². The second-order valence-corrected chi connectivity index (χ2v) is 4.40. The molecule has 86 valence electrons. The fraction of sp³-hybridized carbons (Fsp3) is 0.214. The molecule has 3 rings (SSSR count). The lowest BCUT2D eigenvalue weighted by Crippen LogP contribution is -2.05. The van der Waals surface area contributed by atoms with Crippen LogP contribution in [0.2, 0.25) is 0 Å². The molecule has 1 aromatic heterocycles. The zero-order chi connectivity index (χ0) is 11.8. The molecule has 1 aliphatic carbocycles. The Morgan fingerprint density at radius 3 is 3.06 bits per heavy atom. The second-order valence-electron chi connectivity index (χ2n) is 4.40. The molecule has 17 heavy (non-hydrogen) atoms. The molecule has 0 fully saturated rings. The number of allylic oxidation sites excluding steroid dienone is 4. The van der Waals surface area contributed by atoms with Crippen LogP contribution in [0.4, 0.5) is 0 Å². The summed E-state index contributed by atoms with van der Waals surface area (Å²) in [5.41, 5.74) is 2.80. The Morgan fingerprint density at radius 2 is 2.29 bits per heavy atom. The maximum atomic E-state index is 11.7. The predicted octanol–water partition coefficient (Wildman–Crippen LogP) is 3.11. The summed E-state index contributed by atoms with van der Waals surface area (Å²) >= 11 is 0. The van der Waals surface area contributed by atoms with Gasteiger partial charge in [0.15, 0.2) is 5.58 Å². The number of fused-ring (bicyclic) bond motifs is 1. The Labute approximate surface area is 98.4 Å². The van der Waals surface area contributed by atoms with Gasteiger partial charge in [-0.2, -0.15) is 5.16 Å². The molecular formula is C14H13NO2. The fourth-order valence-corrected chi connectivity index (χ4v) is 2.30. The molecule has 0 saturated heterocycles. The van der Waals surface area contributed by atoms with Gasteiger partial charge in [-0.3, -0.25) is 4.79 Å². The molecule has 3 heteroatoms. The summed E-state index contributed by atoms with van der Waals surface area (Å²) in [4.78, 5) is 11.7. The van der Waals surface area contributed by atoms with Gasteiger partial charge >= 0.3 is 0 Å². The highest BCUT2D eigenvalue weighted by Crippen LogP contribution is 2.30. The molecule has 2 aromatic rings. The van der Waals surface area contributed by atoms with Crippen LogP contribution in [-0.2, 0) is 0 Å². The smallest absolute Gasteiger partial charge is 0.288 e. The van der Waals surface area contributed by atoms with Gasteiger partial charge in [0.2, 0.25) is 0 Å². The maximum Gasteiger partial charge on any atom is 0.288 e. The van der Waals surface area contributed by atoms with E-state index < -0.39 is 0 Å². The number of hydrogen-bond donors (Lipinski definition) is 1. The lowest BCUT2D eigenvalue weighted by atomic mass is 9.89. The van der Waals surface area contributed by atoms with Gasteiger partial charge < -0.3 is 4.52 Å². The summed E-state index contributed by atoms with van der Waals surface area (Å²) in [5.74, 6) is 0.265. The van der Waals surface area contributed by atoms with Crippen LogP contribution in [-0.4, -0.2) is 5.16 Å². The quantitative estimate of drug-likeness (QED) is 0.813. The number of hydrogen-bond acceptors (Lipinski definition) is 2. The molecule has 1 aromatic carbocycles. The Balaban J connectivity index is 2.15. The minimum absolute atomic E-state index is 0.143. The zero-order valence-electron chi connectivity index (χ0n) is 9.57. The van der Waals surface area contributed by atoms with E-state index in [1.807, 2.05) is 18.2 Å². The number of aromatic nitrogens is 1. The molecule has 0 spiro atoms. The minimum Gasteiger partial charge on any atom is -0.378 e. The topological polar surface area (TPSA) is 46.0 Å². The fourth-order valence-electron chi connectivity index (χ4n) is 2.30. The summed E-state index contributed by atoms with van der Waals surface area (Å²) in [5, 5.41) is 3.07. The van der Waals surface area contributed by atoms with Crippen molar-refractivity contribution in [1.82, 2.24) is 5.16 Å². The van der Waals surface area contributed by atoms with E-state index in [1.165, 1.54) is 5.57 Å². The molecule has 3 nitrogen and oxygen atoms in total. The summed E-state index contributed by atoms with van der Waals surface area (Å²) in [6.45, 7) is 2.08. The monoisotopic (exact) mass is 227 g/mol. The molecule has 1 atom stereocenters. The summed E-state index contributed by atoms with van der Waals surface area (Å²) < 4.78 is 5.12. The third-order valence-corrected chi connectivity index (χ3v) is 3.22. The molecular weight excluding hydrogens is 214 g/mol. The van der Waals surface area contributed by atoms with E-state index >= 15 is 0 Å². The molecule has 1 heterocycles. The van der Waals surface area contributed by atoms with E-state index in [2.05, 4.69) is 30.3 Å². The zero-order valence-corrected chi connectivity index (χ0v) is 9.57.